The zero-order valence-electron chi connectivity index (χ0n) is 13.7. The molecule has 0 amide bonds. The van der Waals surface area contributed by atoms with E-state index in [1.54, 1.807) is 6.20 Å². The lowest BCUT2D eigenvalue weighted by Gasteiger charge is -2.10. The van der Waals surface area contributed by atoms with E-state index in [2.05, 4.69) is 45.2 Å². The average molecular weight is 422 g/mol. The number of hydrogen-bond acceptors (Lipinski definition) is 2. The molecule has 0 radical (unpaired) electrons. The highest BCUT2D eigenvalue weighted by molar-refractivity contribution is 9.10. The lowest BCUT2D eigenvalue weighted by atomic mass is 10.0. The van der Waals surface area contributed by atoms with Crippen LogP contribution in [0.25, 0.3) is 33.8 Å². The van der Waals surface area contributed by atoms with Crippen LogP contribution >= 0.6 is 27.5 Å². The first kappa shape index (κ1) is 17.0. The van der Waals surface area contributed by atoms with Gasteiger partial charge in [0, 0.05) is 21.3 Å². The third kappa shape index (κ3) is 3.69. The molecule has 4 heteroatoms. The molecule has 0 saturated heterocycles. The summed E-state index contributed by atoms with van der Waals surface area (Å²) in [5.74, 6) is 0. The number of nitrogens with zero attached hydrogens (tertiary/aromatic N) is 2. The van der Waals surface area contributed by atoms with E-state index in [0.29, 0.717) is 0 Å². The van der Waals surface area contributed by atoms with Gasteiger partial charge in [-0.15, -0.1) is 0 Å². The number of aromatic nitrogens is 2. The van der Waals surface area contributed by atoms with E-state index in [9.17, 15) is 0 Å². The zero-order valence-corrected chi connectivity index (χ0v) is 16.1. The highest BCUT2D eigenvalue weighted by Crippen LogP contribution is 2.30. The Kier molecular flexibility index (Phi) is 4.83. The molecule has 2 nitrogen and oxygen atoms in total. The SMILES string of the molecule is Clc1ccc(-c2cc(-c3ccc(Br)cc3)nc(-c3ccccn3)c2)cc1. The molecule has 0 spiro atoms. The van der Waals surface area contributed by atoms with Gasteiger partial charge in [0.1, 0.15) is 0 Å². The fraction of sp³-hybridized carbons (Fsp3) is 0. The van der Waals surface area contributed by atoms with Gasteiger partial charge in [0.05, 0.1) is 17.1 Å². The summed E-state index contributed by atoms with van der Waals surface area (Å²) in [6.07, 6.45) is 1.78. The summed E-state index contributed by atoms with van der Waals surface area (Å²) in [7, 11) is 0. The minimum Gasteiger partial charge on any atom is -0.255 e. The summed E-state index contributed by atoms with van der Waals surface area (Å²) >= 11 is 9.53. The molecule has 2 aromatic carbocycles. The van der Waals surface area contributed by atoms with E-state index in [0.717, 1.165) is 43.3 Å². The second-order valence-electron chi connectivity index (χ2n) is 5.86. The Morgan fingerprint density at radius 3 is 2.04 bits per heavy atom. The molecule has 4 aromatic rings. The summed E-state index contributed by atoms with van der Waals surface area (Å²) in [6, 6.07) is 26.0. The Hall–Kier alpha value is -2.49. The van der Waals surface area contributed by atoms with Gasteiger partial charge in [-0.25, -0.2) is 4.98 Å². The van der Waals surface area contributed by atoms with Crippen LogP contribution in [0.4, 0.5) is 0 Å². The van der Waals surface area contributed by atoms with Crippen molar-refractivity contribution in [3.63, 3.8) is 0 Å². The summed E-state index contributed by atoms with van der Waals surface area (Å²) in [5, 5.41) is 0.723. The van der Waals surface area contributed by atoms with Crippen molar-refractivity contribution in [2.45, 2.75) is 0 Å². The van der Waals surface area contributed by atoms with Crippen molar-refractivity contribution >= 4 is 27.5 Å². The molecule has 126 valence electrons. The molecule has 2 heterocycles. The second kappa shape index (κ2) is 7.40. The molecule has 26 heavy (non-hydrogen) atoms. The predicted molar refractivity (Wildman–Crippen MR) is 111 cm³/mol. The number of hydrogen-bond donors (Lipinski definition) is 0. The minimum absolute atomic E-state index is 0.723. The average Bonchev–Trinajstić information content (AvgIpc) is 2.69. The number of pyridine rings is 2. The molecule has 0 N–H and O–H groups in total. The van der Waals surface area contributed by atoms with E-state index in [-0.39, 0.29) is 0 Å². The maximum atomic E-state index is 6.04. The summed E-state index contributed by atoms with van der Waals surface area (Å²) < 4.78 is 1.04. The van der Waals surface area contributed by atoms with Gasteiger partial charge in [0.2, 0.25) is 0 Å². The van der Waals surface area contributed by atoms with Crippen LogP contribution in [0.1, 0.15) is 0 Å². The molecule has 4 rings (SSSR count). The normalized spacial score (nSPS) is 10.7. The molecule has 0 aliphatic carbocycles. The highest BCUT2D eigenvalue weighted by Gasteiger charge is 2.09. The summed E-state index contributed by atoms with van der Waals surface area (Å²) in [6.45, 7) is 0. The van der Waals surface area contributed by atoms with Crippen LogP contribution in [-0.4, -0.2) is 9.97 Å². The van der Waals surface area contributed by atoms with Gasteiger partial charge in [-0.05, 0) is 59.7 Å². The maximum absolute atomic E-state index is 6.04. The van der Waals surface area contributed by atoms with Crippen molar-refractivity contribution in [2.24, 2.45) is 0 Å². The van der Waals surface area contributed by atoms with E-state index < -0.39 is 0 Å². The van der Waals surface area contributed by atoms with Crippen molar-refractivity contribution in [3.8, 4) is 33.8 Å². The molecule has 2 aromatic heterocycles. The van der Waals surface area contributed by atoms with Crippen molar-refractivity contribution in [1.29, 1.82) is 0 Å². The van der Waals surface area contributed by atoms with E-state index >= 15 is 0 Å². The monoisotopic (exact) mass is 420 g/mol. The smallest absolute Gasteiger partial charge is 0.0899 e. The molecule has 0 aliphatic heterocycles. The Morgan fingerprint density at radius 1 is 0.654 bits per heavy atom. The largest absolute Gasteiger partial charge is 0.255 e. The number of halogens is 2. The van der Waals surface area contributed by atoms with Gasteiger partial charge in [-0.2, -0.15) is 0 Å². The van der Waals surface area contributed by atoms with Crippen LogP contribution in [0.5, 0.6) is 0 Å². The molecule has 0 saturated carbocycles. The van der Waals surface area contributed by atoms with Crippen LogP contribution < -0.4 is 0 Å². The van der Waals surface area contributed by atoms with Gasteiger partial charge in [-0.1, -0.05) is 57.9 Å². The predicted octanol–water partition coefficient (Wildman–Crippen LogP) is 6.89. The fourth-order valence-electron chi connectivity index (χ4n) is 2.75. The third-order valence-corrected chi connectivity index (χ3v) is 4.85. The molecular formula is C22H14BrClN2. The third-order valence-electron chi connectivity index (χ3n) is 4.07. The van der Waals surface area contributed by atoms with Crippen molar-refractivity contribution in [1.82, 2.24) is 9.97 Å². The molecule has 0 aliphatic rings. The lowest BCUT2D eigenvalue weighted by molar-refractivity contribution is 1.25. The van der Waals surface area contributed by atoms with Gasteiger partial charge in [-0.3, -0.25) is 4.98 Å². The van der Waals surface area contributed by atoms with Crippen LogP contribution in [-0.2, 0) is 0 Å². The van der Waals surface area contributed by atoms with Gasteiger partial charge < -0.3 is 0 Å². The van der Waals surface area contributed by atoms with E-state index in [1.165, 1.54) is 0 Å². The Balaban J connectivity index is 1.89. The summed E-state index contributed by atoms with van der Waals surface area (Å²) in [4.78, 5) is 9.30. The molecule has 0 fully saturated rings. The fourth-order valence-corrected chi connectivity index (χ4v) is 3.14. The Labute approximate surface area is 165 Å². The van der Waals surface area contributed by atoms with Crippen LogP contribution in [0, 0.1) is 0 Å². The van der Waals surface area contributed by atoms with E-state index in [1.807, 2.05) is 54.6 Å². The number of rotatable bonds is 3. The van der Waals surface area contributed by atoms with Crippen LogP contribution in [0.2, 0.25) is 5.02 Å². The molecular weight excluding hydrogens is 408 g/mol. The van der Waals surface area contributed by atoms with Gasteiger partial charge in [0.15, 0.2) is 0 Å². The topological polar surface area (TPSA) is 25.8 Å². The number of benzene rings is 2. The Morgan fingerprint density at radius 2 is 1.35 bits per heavy atom. The first-order valence-electron chi connectivity index (χ1n) is 8.14. The minimum atomic E-state index is 0.723. The standard InChI is InChI=1S/C22H14BrClN2/c23-18-8-4-16(5-9-18)21-13-17(15-6-10-19(24)11-7-15)14-22(26-21)20-3-1-2-12-25-20/h1-14H. The highest BCUT2D eigenvalue weighted by atomic mass is 79.9. The lowest BCUT2D eigenvalue weighted by Crippen LogP contribution is -1.92. The quantitative estimate of drug-likeness (QED) is 0.360. The molecule has 0 atom stereocenters. The van der Waals surface area contributed by atoms with E-state index in [4.69, 9.17) is 16.6 Å². The van der Waals surface area contributed by atoms with Crippen LogP contribution in [0.3, 0.4) is 0 Å². The first-order valence-corrected chi connectivity index (χ1v) is 9.31. The first-order chi connectivity index (χ1) is 12.7. The van der Waals surface area contributed by atoms with Crippen molar-refractivity contribution in [3.05, 3.63) is 94.6 Å². The van der Waals surface area contributed by atoms with Crippen LogP contribution in [0.15, 0.2) is 89.5 Å². The van der Waals surface area contributed by atoms with Gasteiger partial charge in [0.25, 0.3) is 0 Å². The second-order valence-corrected chi connectivity index (χ2v) is 7.21. The molecule has 0 bridgehead atoms. The van der Waals surface area contributed by atoms with Crippen molar-refractivity contribution < 1.29 is 0 Å². The summed E-state index contributed by atoms with van der Waals surface area (Å²) in [5.41, 5.74) is 5.83. The molecule has 0 unspecified atom stereocenters. The maximum Gasteiger partial charge on any atom is 0.0899 e. The van der Waals surface area contributed by atoms with Crippen molar-refractivity contribution in [2.75, 3.05) is 0 Å². The van der Waals surface area contributed by atoms with Gasteiger partial charge >= 0.3 is 0 Å². The zero-order chi connectivity index (χ0) is 17.9. The Bertz CT molecular complexity index is 966.